The smallest absolute Gasteiger partial charge is 0.326 e. The zero-order valence-electron chi connectivity index (χ0n) is 13.8. The molecule has 1 rings (SSSR count). The number of nitrogens with one attached hydrogen (secondary N) is 1. The number of carbonyl (C=O) groups is 3. The molecule has 1 aromatic carbocycles. The number of ketones is 1. The van der Waals surface area contributed by atoms with E-state index in [4.69, 9.17) is 4.74 Å². The van der Waals surface area contributed by atoms with Gasteiger partial charge in [0.25, 0.3) is 5.91 Å². The first kappa shape index (κ1) is 18.7. The molecular weight excluding hydrogens is 298 g/mol. The van der Waals surface area contributed by atoms with Gasteiger partial charge >= 0.3 is 5.97 Å². The Bertz CT molecular complexity index is 584. The Morgan fingerprint density at radius 2 is 1.91 bits per heavy atom. The summed E-state index contributed by atoms with van der Waals surface area (Å²) in [4.78, 5) is 34.7. The Labute approximate surface area is 135 Å². The predicted molar refractivity (Wildman–Crippen MR) is 85.6 cm³/mol. The summed E-state index contributed by atoms with van der Waals surface area (Å²) in [7, 11) is 0. The van der Waals surface area contributed by atoms with Crippen molar-refractivity contribution in [2.75, 3.05) is 0 Å². The van der Waals surface area contributed by atoms with Gasteiger partial charge in [0.15, 0.2) is 11.9 Å². The molecule has 0 spiro atoms. The van der Waals surface area contributed by atoms with Crippen LogP contribution in [0.25, 0.3) is 0 Å². The first-order chi connectivity index (χ1) is 10.8. The Balaban J connectivity index is 2.75. The molecule has 1 unspecified atom stereocenters. The van der Waals surface area contributed by atoms with Crippen molar-refractivity contribution in [1.29, 1.82) is 0 Å². The first-order valence-corrected chi connectivity index (χ1v) is 7.57. The number of aliphatic carboxylic acids is 1. The number of Topliss-reactive ketones (excluding diaryl/α,β-unsaturated/α-hetero) is 1. The SMILES string of the molecule is CC[C@H](C)[C@H](NC(=O)C(C)Oc1cccc(C(C)=O)c1)C(=O)O. The highest BCUT2D eigenvalue weighted by atomic mass is 16.5. The summed E-state index contributed by atoms with van der Waals surface area (Å²) in [5.41, 5.74) is 0.484. The minimum Gasteiger partial charge on any atom is -0.481 e. The number of benzene rings is 1. The first-order valence-electron chi connectivity index (χ1n) is 7.57. The number of carboxylic acids is 1. The van der Waals surface area contributed by atoms with Gasteiger partial charge in [0, 0.05) is 5.56 Å². The highest BCUT2D eigenvalue weighted by molar-refractivity contribution is 5.94. The molecule has 0 saturated carbocycles. The molecule has 2 N–H and O–H groups in total. The molecule has 126 valence electrons. The maximum atomic E-state index is 12.1. The van der Waals surface area contributed by atoms with Gasteiger partial charge in [0.2, 0.25) is 0 Å². The normalized spacial score (nSPS) is 14.4. The third-order valence-corrected chi connectivity index (χ3v) is 3.70. The second kappa shape index (κ2) is 8.31. The fourth-order valence-electron chi connectivity index (χ4n) is 2.00. The average molecular weight is 321 g/mol. The van der Waals surface area contributed by atoms with Crippen molar-refractivity contribution < 1.29 is 24.2 Å². The number of hydrogen-bond acceptors (Lipinski definition) is 4. The Hall–Kier alpha value is -2.37. The summed E-state index contributed by atoms with van der Waals surface area (Å²) in [5.74, 6) is -1.49. The maximum absolute atomic E-state index is 12.1. The summed E-state index contributed by atoms with van der Waals surface area (Å²) >= 11 is 0. The van der Waals surface area contributed by atoms with E-state index in [0.717, 1.165) is 0 Å². The number of hydrogen-bond donors (Lipinski definition) is 2. The fraction of sp³-hybridized carbons (Fsp3) is 0.471. The van der Waals surface area contributed by atoms with E-state index in [0.29, 0.717) is 17.7 Å². The molecule has 6 heteroatoms. The van der Waals surface area contributed by atoms with E-state index in [1.807, 2.05) is 6.92 Å². The van der Waals surface area contributed by atoms with E-state index in [1.165, 1.54) is 13.8 Å². The van der Waals surface area contributed by atoms with E-state index >= 15 is 0 Å². The lowest BCUT2D eigenvalue weighted by Gasteiger charge is -2.22. The summed E-state index contributed by atoms with van der Waals surface area (Å²) in [6.45, 7) is 6.60. The van der Waals surface area contributed by atoms with Gasteiger partial charge in [0.05, 0.1) is 0 Å². The third kappa shape index (κ3) is 5.39. The number of rotatable bonds is 8. The third-order valence-electron chi connectivity index (χ3n) is 3.70. The van der Waals surface area contributed by atoms with Gasteiger partial charge < -0.3 is 15.2 Å². The molecule has 0 fully saturated rings. The van der Waals surface area contributed by atoms with Crippen LogP contribution >= 0.6 is 0 Å². The second-order valence-electron chi connectivity index (χ2n) is 5.55. The van der Waals surface area contributed by atoms with E-state index in [1.54, 1.807) is 31.2 Å². The Kier molecular flexibility index (Phi) is 6.75. The minimum absolute atomic E-state index is 0.102. The summed E-state index contributed by atoms with van der Waals surface area (Å²) in [6, 6.07) is 5.55. The van der Waals surface area contributed by atoms with E-state index in [-0.39, 0.29) is 11.7 Å². The molecule has 0 saturated heterocycles. The van der Waals surface area contributed by atoms with Crippen LogP contribution in [-0.4, -0.2) is 34.9 Å². The molecule has 1 amide bonds. The lowest BCUT2D eigenvalue weighted by Crippen LogP contribution is -2.49. The van der Waals surface area contributed by atoms with Crippen LogP contribution in [0.5, 0.6) is 5.75 Å². The molecule has 0 heterocycles. The molecule has 3 atom stereocenters. The number of carbonyl (C=O) groups excluding carboxylic acids is 2. The molecule has 0 aliphatic carbocycles. The van der Waals surface area contributed by atoms with Gasteiger partial charge in [-0.2, -0.15) is 0 Å². The van der Waals surface area contributed by atoms with Crippen molar-refractivity contribution in [2.24, 2.45) is 5.92 Å². The van der Waals surface area contributed by atoms with Crippen molar-refractivity contribution in [3.8, 4) is 5.75 Å². The molecule has 0 aliphatic rings. The van der Waals surface area contributed by atoms with E-state index in [9.17, 15) is 19.5 Å². The van der Waals surface area contributed by atoms with Crippen molar-refractivity contribution in [1.82, 2.24) is 5.32 Å². The fourth-order valence-corrected chi connectivity index (χ4v) is 2.00. The molecule has 0 radical (unpaired) electrons. The summed E-state index contributed by atoms with van der Waals surface area (Å²) < 4.78 is 5.50. The zero-order chi connectivity index (χ0) is 17.6. The van der Waals surface area contributed by atoms with E-state index in [2.05, 4.69) is 5.32 Å². The zero-order valence-corrected chi connectivity index (χ0v) is 13.8. The molecule has 6 nitrogen and oxygen atoms in total. The summed E-state index contributed by atoms with van der Waals surface area (Å²) in [6.07, 6.45) is -0.240. The van der Waals surface area contributed by atoms with Gasteiger partial charge in [0.1, 0.15) is 11.8 Å². The monoisotopic (exact) mass is 321 g/mol. The van der Waals surface area contributed by atoms with E-state index < -0.39 is 24.0 Å². The number of carboxylic acid groups (broad SMARTS) is 1. The van der Waals surface area contributed by atoms with Crippen LogP contribution in [0, 0.1) is 5.92 Å². The predicted octanol–water partition coefficient (Wildman–Crippen LogP) is 2.27. The molecule has 0 bridgehead atoms. The van der Waals surface area contributed by atoms with Crippen LogP contribution in [0.15, 0.2) is 24.3 Å². The lowest BCUT2D eigenvalue weighted by molar-refractivity contribution is -0.144. The minimum atomic E-state index is -1.07. The topological polar surface area (TPSA) is 92.7 Å². The van der Waals surface area contributed by atoms with Gasteiger partial charge in [-0.15, -0.1) is 0 Å². The highest BCUT2D eigenvalue weighted by Gasteiger charge is 2.27. The van der Waals surface area contributed by atoms with Crippen LogP contribution in [-0.2, 0) is 9.59 Å². The Morgan fingerprint density at radius 3 is 2.43 bits per heavy atom. The quantitative estimate of drug-likeness (QED) is 0.717. The van der Waals surface area contributed by atoms with Gasteiger partial charge in [-0.1, -0.05) is 32.4 Å². The molecule has 0 aromatic heterocycles. The highest BCUT2D eigenvalue weighted by Crippen LogP contribution is 2.16. The second-order valence-corrected chi connectivity index (χ2v) is 5.55. The Morgan fingerprint density at radius 1 is 1.26 bits per heavy atom. The van der Waals surface area contributed by atoms with Crippen LogP contribution in [0.1, 0.15) is 44.5 Å². The van der Waals surface area contributed by atoms with Crippen molar-refractivity contribution in [3.05, 3.63) is 29.8 Å². The standard InChI is InChI=1S/C17H23NO5/c1-5-10(2)15(17(21)22)18-16(20)12(4)23-14-8-6-7-13(9-14)11(3)19/h6-10,12,15H,5H2,1-4H3,(H,18,20)(H,21,22)/t10-,12?,15-/m0/s1. The van der Waals surface area contributed by atoms with Crippen molar-refractivity contribution in [3.63, 3.8) is 0 Å². The maximum Gasteiger partial charge on any atom is 0.326 e. The van der Waals surface area contributed by atoms with Crippen LogP contribution in [0.3, 0.4) is 0 Å². The van der Waals surface area contributed by atoms with Crippen LogP contribution < -0.4 is 10.1 Å². The van der Waals surface area contributed by atoms with Gasteiger partial charge in [-0.3, -0.25) is 9.59 Å². The number of ether oxygens (including phenoxy) is 1. The lowest BCUT2D eigenvalue weighted by atomic mass is 9.99. The molecule has 1 aromatic rings. The van der Waals surface area contributed by atoms with Gasteiger partial charge in [-0.05, 0) is 31.9 Å². The summed E-state index contributed by atoms with van der Waals surface area (Å²) in [5, 5.41) is 11.7. The van der Waals surface area contributed by atoms with Gasteiger partial charge in [-0.25, -0.2) is 4.79 Å². The molecule has 0 aliphatic heterocycles. The van der Waals surface area contributed by atoms with Crippen molar-refractivity contribution in [2.45, 2.75) is 46.3 Å². The molecule has 23 heavy (non-hydrogen) atoms. The van der Waals surface area contributed by atoms with Crippen LogP contribution in [0.4, 0.5) is 0 Å². The molecular formula is C17H23NO5. The number of amides is 1. The van der Waals surface area contributed by atoms with Crippen molar-refractivity contribution >= 4 is 17.7 Å². The average Bonchev–Trinajstić information content (AvgIpc) is 2.51. The van der Waals surface area contributed by atoms with Crippen LogP contribution in [0.2, 0.25) is 0 Å². The largest absolute Gasteiger partial charge is 0.481 e.